The number of aromatic nitrogens is 2. The van der Waals surface area contributed by atoms with Crippen molar-refractivity contribution in [1.29, 1.82) is 0 Å². The second-order valence-corrected chi connectivity index (χ2v) is 9.91. The van der Waals surface area contributed by atoms with Crippen molar-refractivity contribution in [2.45, 2.75) is 44.6 Å². The predicted molar refractivity (Wildman–Crippen MR) is 144 cm³/mol. The van der Waals surface area contributed by atoms with Gasteiger partial charge >= 0.3 is 23.6 Å². The lowest BCUT2D eigenvalue weighted by molar-refractivity contribution is -0.170. The summed E-state index contributed by atoms with van der Waals surface area (Å²) < 4.78 is 14.2. The maximum absolute atomic E-state index is 12.2. The SMILES string of the molecule is CC(O)CN(Cc1ccc2c(c1)OCO2)Cc1ccc2c(c1)n(C)c(=O)n2C.O=C(O)CC(O)(CC(=O)O)C(=O)O. The second-order valence-electron chi connectivity index (χ2n) is 9.91. The summed E-state index contributed by atoms with van der Waals surface area (Å²) >= 11 is 0. The summed E-state index contributed by atoms with van der Waals surface area (Å²) in [6.45, 7) is 3.93. The summed E-state index contributed by atoms with van der Waals surface area (Å²) in [5.74, 6) is -3.49. The van der Waals surface area contributed by atoms with Crippen LogP contribution in [0.15, 0.2) is 41.2 Å². The number of benzene rings is 2. The molecule has 2 heterocycles. The molecule has 2 aromatic carbocycles. The van der Waals surface area contributed by atoms with E-state index in [1.807, 2.05) is 36.4 Å². The van der Waals surface area contributed by atoms with Gasteiger partial charge in [0.15, 0.2) is 17.1 Å². The van der Waals surface area contributed by atoms with E-state index >= 15 is 0 Å². The molecule has 0 fully saturated rings. The summed E-state index contributed by atoms with van der Waals surface area (Å²) in [4.78, 5) is 44.8. The van der Waals surface area contributed by atoms with Crippen molar-refractivity contribution >= 4 is 28.9 Å². The highest BCUT2D eigenvalue weighted by molar-refractivity contribution is 5.88. The van der Waals surface area contributed by atoms with Crippen molar-refractivity contribution in [2.24, 2.45) is 14.1 Å². The third-order valence-electron chi connectivity index (χ3n) is 6.39. The van der Waals surface area contributed by atoms with Crippen molar-refractivity contribution in [2.75, 3.05) is 13.3 Å². The number of hydrogen-bond donors (Lipinski definition) is 5. The molecule has 1 unspecified atom stereocenters. The summed E-state index contributed by atoms with van der Waals surface area (Å²) in [6.07, 6.45) is -2.73. The van der Waals surface area contributed by atoms with Crippen LogP contribution in [-0.4, -0.2) is 82.5 Å². The van der Waals surface area contributed by atoms with E-state index < -0.39 is 42.5 Å². The Labute approximate surface area is 234 Å². The van der Waals surface area contributed by atoms with Crippen LogP contribution in [0, 0.1) is 0 Å². The van der Waals surface area contributed by atoms with Crippen LogP contribution in [0.3, 0.4) is 0 Å². The minimum absolute atomic E-state index is 0.0339. The molecule has 14 heteroatoms. The van der Waals surface area contributed by atoms with Crippen molar-refractivity contribution in [1.82, 2.24) is 14.0 Å². The fourth-order valence-corrected chi connectivity index (χ4v) is 4.48. The van der Waals surface area contributed by atoms with Crippen LogP contribution in [0.1, 0.15) is 30.9 Å². The smallest absolute Gasteiger partial charge is 0.336 e. The van der Waals surface area contributed by atoms with Gasteiger partial charge in [-0.05, 0) is 42.3 Å². The van der Waals surface area contributed by atoms with E-state index in [0.717, 1.165) is 33.7 Å². The Bertz CT molecular complexity index is 1480. The average Bonchev–Trinajstić information content (AvgIpc) is 3.41. The molecule has 5 N–H and O–H groups in total. The lowest BCUT2D eigenvalue weighted by Gasteiger charge is -2.24. The minimum Gasteiger partial charge on any atom is -0.481 e. The number of aliphatic hydroxyl groups is 2. The number of aliphatic hydroxyl groups excluding tert-OH is 1. The van der Waals surface area contributed by atoms with Gasteiger partial charge in [-0.2, -0.15) is 0 Å². The first-order valence-electron chi connectivity index (χ1n) is 12.5. The largest absolute Gasteiger partial charge is 0.481 e. The molecule has 0 radical (unpaired) electrons. The lowest BCUT2D eigenvalue weighted by Crippen LogP contribution is -2.42. The van der Waals surface area contributed by atoms with Gasteiger partial charge in [0.25, 0.3) is 0 Å². The first kappa shape index (κ1) is 31.1. The quantitative estimate of drug-likeness (QED) is 0.215. The van der Waals surface area contributed by atoms with E-state index in [2.05, 4.69) is 4.90 Å². The van der Waals surface area contributed by atoms with Crippen LogP contribution in [-0.2, 0) is 41.6 Å². The molecular formula is C27H33N3O11. The van der Waals surface area contributed by atoms with Crippen molar-refractivity contribution in [3.8, 4) is 11.5 Å². The predicted octanol–water partition coefficient (Wildman–Crippen LogP) is 0.740. The highest BCUT2D eigenvalue weighted by Crippen LogP contribution is 2.33. The number of imidazole rings is 1. The summed E-state index contributed by atoms with van der Waals surface area (Å²) in [5.41, 5.74) is 1.23. The van der Waals surface area contributed by atoms with Crippen LogP contribution >= 0.6 is 0 Å². The van der Waals surface area contributed by atoms with Gasteiger partial charge in [0.05, 0.1) is 30.0 Å². The van der Waals surface area contributed by atoms with E-state index in [-0.39, 0.29) is 12.5 Å². The van der Waals surface area contributed by atoms with Gasteiger partial charge in [0.1, 0.15) is 0 Å². The van der Waals surface area contributed by atoms with E-state index in [1.54, 1.807) is 30.2 Å². The maximum atomic E-state index is 12.2. The fourth-order valence-electron chi connectivity index (χ4n) is 4.48. The van der Waals surface area contributed by atoms with Crippen LogP contribution < -0.4 is 15.2 Å². The number of aryl methyl sites for hydroxylation is 2. The number of carboxylic acid groups (broad SMARTS) is 3. The van der Waals surface area contributed by atoms with Crippen LogP contribution in [0.4, 0.5) is 0 Å². The average molecular weight is 576 g/mol. The van der Waals surface area contributed by atoms with E-state index in [0.29, 0.717) is 19.6 Å². The van der Waals surface area contributed by atoms with Gasteiger partial charge in [-0.1, -0.05) is 12.1 Å². The molecule has 0 amide bonds. The first-order chi connectivity index (χ1) is 19.2. The molecule has 1 atom stereocenters. The third-order valence-corrected chi connectivity index (χ3v) is 6.39. The number of carbonyl (C=O) groups is 3. The molecule has 3 aromatic rings. The zero-order valence-corrected chi connectivity index (χ0v) is 22.8. The fraction of sp³-hybridized carbons (Fsp3) is 0.407. The monoisotopic (exact) mass is 575 g/mol. The summed E-state index contributed by atoms with van der Waals surface area (Å²) in [5, 5.41) is 43.8. The van der Waals surface area contributed by atoms with Gasteiger partial charge < -0.3 is 35.0 Å². The minimum atomic E-state index is -2.74. The molecule has 0 saturated heterocycles. The van der Waals surface area contributed by atoms with Gasteiger partial charge in [-0.15, -0.1) is 0 Å². The number of rotatable bonds is 11. The topological polar surface area (TPSA) is 201 Å². The van der Waals surface area contributed by atoms with Crippen LogP contribution in [0.25, 0.3) is 11.0 Å². The number of carboxylic acids is 3. The van der Waals surface area contributed by atoms with Crippen molar-refractivity contribution < 1.29 is 49.4 Å². The second kappa shape index (κ2) is 12.8. The molecule has 1 aliphatic rings. The molecule has 4 rings (SSSR count). The number of fused-ring (bicyclic) bond motifs is 2. The lowest BCUT2D eigenvalue weighted by atomic mass is 9.96. The number of aliphatic carboxylic acids is 3. The number of hydrogen-bond acceptors (Lipinski definition) is 9. The summed E-state index contributed by atoms with van der Waals surface area (Å²) in [6, 6.07) is 12.0. The number of ether oxygens (including phenoxy) is 2. The molecular weight excluding hydrogens is 542 g/mol. The Morgan fingerprint density at radius 2 is 1.44 bits per heavy atom. The molecule has 1 aromatic heterocycles. The van der Waals surface area contributed by atoms with E-state index in [4.69, 9.17) is 29.9 Å². The third kappa shape index (κ3) is 7.84. The number of nitrogens with zero attached hydrogens (tertiary/aromatic N) is 3. The molecule has 0 aliphatic carbocycles. The maximum Gasteiger partial charge on any atom is 0.336 e. The van der Waals surface area contributed by atoms with E-state index in [1.165, 1.54) is 0 Å². The zero-order valence-electron chi connectivity index (χ0n) is 22.8. The standard InChI is InChI=1S/C21H25N3O4.C6H8O7/c1-14(25)10-24(12-16-5-7-19-20(9-16)28-13-27-19)11-15-4-6-17-18(8-15)23(3)21(26)22(17)2;7-3(8)1-6(13,5(11)12)2-4(9)10/h4-9,14,25H,10-13H2,1-3H3;13H,1-2H2,(H,7,8)(H,9,10)(H,11,12). The van der Waals surface area contributed by atoms with Gasteiger partial charge in [0, 0.05) is 33.7 Å². The van der Waals surface area contributed by atoms with Gasteiger partial charge in [-0.3, -0.25) is 23.6 Å². The molecule has 222 valence electrons. The van der Waals surface area contributed by atoms with Crippen LogP contribution in [0.5, 0.6) is 11.5 Å². The van der Waals surface area contributed by atoms with Gasteiger partial charge in [0.2, 0.25) is 6.79 Å². The van der Waals surface area contributed by atoms with Crippen molar-refractivity contribution in [3.63, 3.8) is 0 Å². The molecule has 0 spiro atoms. The zero-order chi connectivity index (χ0) is 30.5. The normalized spacial score (nSPS) is 13.1. The molecule has 14 nitrogen and oxygen atoms in total. The van der Waals surface area contributed by atoms with Gasteiger partial charge in [-0.25, -0.2) is 9.59 Å². The molecule has 0 bridgehead atoms. The highest BCUT2D eigenvalue weighted by Gasteiger charge is 2.40. The van der Waals surface area contributed by atoms with Crippen molar-refractivity contribution in [3.05, 3.63) is 58.0 Å². The van der Waals surface area contributed by atoms with E-state index in [9.17, 15) is 24.3 Å². The Kier molecular flexibility index (Phi) is 9.75. The Hall–Kier alpha value is -4.40. The molecule has 1 aliphatic heterocycles. The highest BCUT2D eigenvalue weighted by atomic mass is 16.7. The van der Waals surface area contributed by atoms with Crippen LogP contribution in [0.2, 0.25) is 0 Å². The first-order valence-corrected chi connectivity index (χ1v) is 12.5. The summed E-state index contributed by atoms with van der Waals surface area (Å²) in [7, 11) is 3.57. The Balaban J connectivity index is 0.000000302. The Morgan fingerprint density at radius 1 is 0.902 bits per heavy atom. The molecule has 41 heavy (non-hydrogen) atoms. The Morgan fingerprint density at radius 3 is 2.00 bits per heavy atom. The molecule has 0 saturated carbocycles.